The maximum Gasteiger partial charge on any atom is 0.221 e. The highest BCUT2D eigenvalue weighted by molar-refractivity contribution is 8.01. The van der Waals surface area contributed by atoms with Gasteiger partial charge >= 0.3 is 0 Å². The summed E-state index contributed by atoms with van der Waals surface area (Å²) in [4.78, 5) is 16.6. The lowest BCUT2D eigenvalue weighted by molar-refractivity contribution is -0.121. The van der Waals surface area contributed by atoms with Crippen LogP contribution in [0.25, 0.3) is 10.2 Å². The Balaban J connectivity index is 1.47. The van der Waals surface area contributed by atoms with E-state index in [2.05, 4.69) is 16.4 Å². The molecule has 1 heterocycles. The van der Waals surface area contributed by atoms with Crippen LogP contribution in [0.1, 0.15) is 24.9 Å². The van der Waals surface area contributed by atoms with E-state index in [9.17, 15) is 4.79 Å². The predicted octanol–water partition coefficient (Wildman–Crippen LogP) is 4.66. The quantitative estimate of drug-likeness (QED) is 0.663. The second-order valence-corrected chi connectivity index (χ2v) is 7.62. The zero-order chi connectivity index (χ0) is 16.1. The first kappa shape index (κ1) is 16.0. The summed E-state index contributed by atoms with van der Waals surface area (Å²) in [5, 5.41) is 3.04. The number of benzene rings is 2. The lowest BCUT2D eigenvalue weighted by atomic mass is 10.1. The summed E-state index contributed by atoms with van der Waals surface area (Å²) in [5.74, 6) is 0.822. The van der Waals surface area contributed by atoms with Gasteiger partial charge in [-0.2, -0.15) is 0 Å². The molecule has 1 aromatic heterocycles. The van der Waals surface area contributed by atoms with Gasteiger partial charge in [-0.05, 0) is 24.6 Å². The Bertz CT molecular complexity index is 753. The Hall–Kier alpha value is -1.85. The van der Waals surface area contributed by atoms with Gasteiger partial charge in [-0.3, -0.25) is 4.79 Å². The summed E-state index contributed by atoms with van der Waals surface area (Å²) >= 11 is 3.32. The number of fused-ring (bicyclic) bond motifs is 1. The fourth-order valence-corrected chi connectivity index (χ4v) is 4.36. The van der Waals surface area contributed by atoms with Gasteiger partial charge in [0.15, 0.2) is 4.34 Å². The van der Waals surface area contributed by atoms with E-state index >= 15 is 0 Å². The number of nitrogens with zero attached hydrogens (tertiary/aromatic N) is 1. The van der Waals surface area contributed by atoms with Crippen LogP contribution < -0.4 is 5.32 Å². The Morgan fingerprint density at radius 3 is 2.70 bits per heavy atom. The molecule has 3 nitrogen and oxygen atoms in total. The van der Waals surface area contributed by atoms with Crippen molar-refractivity contribution in [1.82, 2.24) is 10.3 Å². The molecule has 0 aliphatic heterocycles. The van der Waals surface area contributed by atoms with Crippen molar-refractivity contribution in [3.8, 4) is 0 Å². The van der Waals surface area contributed by atoms with E-state index in [-0.39, 0.29) is 11.9 Å². The molecular formula is C18H18N2OS2. The monoisotopic (exact) mass is 342 g/mol. The van der Waals surface area contributed by atoms with E-state index in [1.54, 1.807) is 23.1 Å². The van der Waals surface area contributed by atoms with Crippen molar-refractivity contribution < 1.29 is 4.79 Å². The third kappa shape index (κ3) is 4.33. The van der Waals surface area contributed by atoms with E-state index in [4.69, 9.17) is 0 Å². The molecule has 0 bridgehead atoms. The number of aromatic nitrogens is 1. The van der Waals surface area contributed by atoms with Gasteiger partial charge in [-0.1, -0.05) is 54.2 Å². The number of rotatable bonds is 6. The second kappa shape index (κ2) is 7.62. The van der Waals surface area contributed by atoms with Gasteiger partial charge in [0.05, 0.1) is 16.3 Å². The normalized spacial score (nSPS) is 12.2. The van der Waals surface area contributed by atoms with Crippen LogP contribution in [0.15, 0.2) is 58.9 Å². The van der Waals surface area contributed by atoms with Crippen molar-refractivity contribution in [3.05, 3.63) is 60.2 Å². The van der Waals surface area contributed by atoms with Gasteiger partial charge in [0, 0.05) is 12.2 Å². The molecule has 118 valence electrons. The number of thioether (sulfide) groups is 1. The molecule has 5 heteroatoms. The number of hydrogen-bond acceptors (Lipinski definition) is 4. The average molecular weight is 342 g/mol. The molecule has 3 rings (SSSR count). The third-order valence-corrected chi connectivity index (χ3v) is 5.69. The molecule has 0 spiro atoms. The third-order valence-electron chi connectivity index (χ3n) is 3.51. The molecule has 3 aromatic rings. The number of nitrogens with one attached hydrogen (secondary N) is 1. The molecule has 2 aromatic carbocycles. The summed E-state index contributed by atoms with van der Waals surface area (Å²) in [5.41, 5.74) is 2.15. The number of amides is 1. The van der Waals surface area contributed by atoms with Crippen LogP contribution in [0.5, 0.6) is 0 Å². The van der Waals surface area contributed by atoms with E-state index in [1.807, 2.05) is 55.5 Å². The highest BCUT2D eigenvalue weighted by Crippen LogP contribution is 2.29. The summed E-state index contributed by atoms with van der Waals surface area (Å²) in [6.45, 7) is 2.01. The molecule has 1 atom stereocenters. The molecule has 0 saturated carbocycles. The van der Waals surface area contributed by atoms with Crippen molar-refractivity contribution in [3.63, 3.8) is 0 Å². The second-order valence-electron chi connectivity index (χ2n) is 5.25. The van der Waals surface area contributed by atoms with Crippen LogP contribution in [0.2, 0.25) is 0 Å². The van der Waals surface area contributed by atoms with Crippen LogP contribution in [0.4, 0.5) is 0 Å². The minimum Gasteiger partial charge on any atom is -0.350 e. The molecule has 0 fully saturated rings. The molecule has 0 radical (unpaired) electrons. The van der Waals surface area contributed by atoms with E-state index in [0.717, 1.165) is 21.2 Å². The van der Waals surface area contributed by atoms with Gasteiger partial charge in [0.2, 0.25) is 5.91 Å². The van der Waals surface area contributed by atoms with E-state index in [0.29, 0.717) is 6.42 Å². The predicted molar refractivity (Wildman–Crippen MR) is 98.0 cm³/mol. The van der Waals surface area contributed by atoms with Crippen molar-refractivity contribution in [1.29, 1.82) is 0 Å². The van der Waals surface area contributed by atoms with Crippen LogP contribution in [-0.2, 0) is 4.79 Å². The minimum atomic E-state index is 0.0381. The number of hydrogen-bond donors (Lipinski definition) is 1. The van der Waals surface area contributed by atoms with Crippen molar-refractivity contribution in [2.45, 2.75) is 23.7 Å². The zero-order valence-corrected chi connectivity index (χ0v) is 14.5. The minimum absolute atomic E-state index is 0.0381. The number of thiazole rings is 1. The summed E-state index contributed by atoms with van der Waals surface area (Å²) < 4.78 is 2.22. The average Bonchev–Trinajstić information content (AvgIpc) is 2.98. The maximum atomic E-state index is 12.0. The molecule has 1 amide bonds. The van der Waals surface area contributed by atoms with Crippen LogP contribution in [-0.4, -0.2) is 16.6 Å². The first-order valence-electron chi connectivity index (χ1n) is 7.55. The van der Waals surface area contributed by atoms with Gasteiger partial charge in [0.1, 0.15) is 0 Å². The SMILES string of the molecule is C[C@H](NC(=O)CCSc1nc2ccccc2s1)c1ccccc1. The Labute approximate surface area is 144 Å². The first-order valence-corrected chi connectivity index (χ1v) is 9.35. The van der Waals surface area contributed by atoms with E-state index < -0.39 is 0 Å². The standard InChI is InChI=1S/C18H18N2OS2/c1-13(14-7-3-2-4-8-14)19-17(21)11-12-22-18-20-15-9-5-6-10-16(15)23-18/h2-10,13H,11-12H2,1H3,(H,19,21)/t13-/m0/s1. The molecule has 23 heavy (non-hydrogen) atoms. The van der Waals surface area contributed by atoms with Gasteiger partial charge < -0.3 is 5.32 Å². The van der Waals surface area contributed by atoms with Gasteiger partial charge in [-0.15, -0.1) is 11.3 Å². The van der Waals surface area contributed by atoms with Crippen LogP contribution >= 0.6 is 23.1 Å². The Morgan fingerprint density at radius 1 is 1.17 bits per heavy atom. The lowest BCUT2D eigenvalue weighted by Crippen LogP contribution is -2.26. The largest absolute Gasteiger partial charge is 0.350 e. The summed E-state index contributed by atoms with van der Waals surface area (Å²) in [6.07, 6.45) is 0.498. The van der Waals surface area contributed by atoms with Crippen molar-refractivity contribution in [2.75, 3.05) is 5.75 Å². The molecule has 0 aliphatic rings. The van der Waals surface area contributed by atoms with E-state index in [1.165, 1.54) is 4.70 Å². The Morgan fingerprint density at radius 2 is 1.91 bits per heavy atom. The van der Waals surface area contributed by atoms with Crippen molar-refractivity contribution >= 4 is 39.2 Å². The summed E-state index contributed by atoms with van der Waals surface area (Å²) in [7, 11) is 0. The number of carbonyl (C=O) groups is 1. The Kier molecular flexibility index (Phi) is 5.31. The number of carbonyl (C=O) groups excluding carboxylic acids is 1. The number of para-hydroxylation sites is 1. The zero-order valence-electron chi connectivity index (χ0n) is 12.9. The molecule has 0 saturated heterocycles. The van der Waals surface area contributed by atoms with Gasteiger partial charge in [-0.25, -0.2) is 4.98 Å². The first-order chi connectivity index (χ1) is 11.2. The highest BCUT2D eigenvalue weighted by atomic mass is 32.2. The van der Waals surface area contributed by atoms with Gasteiger partial charge in [0.25, 0.3) is 0 Å². The molecular weight excluding hydrogens is 324 g/mol. The highest BCUT2D eigenvalue weighted by Gasteiger charge is 2.10. The van der Waals surface area contributed by atoms with Crippen molar-refractivity contribution in [2.24, 2.45) is 0 Å². The lowest BCUT2D eigenvalue weighted by Gasteiger charge is -2.13. The molecule has 1 N–H and O–H groups in total. The van der Waals surface area contributed by atoms with Crippen LogP contribution in [0.3, 0.4) is 0 Å². The van der Waals surface area contributed by atoms with Crippen LogP contribution in [0, 0.1) is 0 Å². The molecule has 0 aliphatic carbocycles. The summed E-state index contributed by atoms with van der Waals surface area (Å²) in [6, 6.07) is 18.2. The topological polar surface area (TPSA) is 42.0 Å². The molecule has 0 unspecified atom stereocenters. The fraction of sp³-hybridized carbons (Fsp3) is 0.222. The smallest absolute Gasteiger partial charge is 0.221 e. The maximum absolute atomic E-state index is 12.0. The fourth-order valence-electron chi connectivity index (χ4n) is 2.28.